The number of ether oxygens (including phenoxy) is 3. The third-order valence-electron chi connectivity index (χ3n) is 6.86. The molecule has 0 saturated heterocycles. The summed E-state index contributed by atoms with van der Waals surface area (Å²) in [5, 5.41) is 0. The van der Waals surface area contributed by atoms with Gasteiger partial charge in [-0.05, 0) is 36.6 Å². The molecule has 0 radical (unpaired) electrons. The van der Waals surface area contributed by atoms with Gasteiger partial charge in [-0.15, -0.1) is 0 Å². The van der Waals surface area contributed by atoms with Crippen molar-refractivity contribution in [2.75, 3.05) is 32.3 Å². The molecule has 0 aromatic heterocycles. The van der Waals surface area contributed by atoms with Gasteiger partial charge in [0.15, 0.2) is 17.3 Å². The van der Waals surface area contributed by atoms with Gasteiger partial charge in [0.05, 0.1) is 14.2 Å². The van der Waals surface area contributed by atoms with E-state index in [0.717, 1.165) is 28.3 Å². The first-order valence-electron chi connectivity index (χ1n) is 12.3. The standard InChI is InChI=1S/C29H33NO5S/c1-5-36-15-14-35-29(32)25-18(2)30-22-16-20(19-10-7-6-8-11-19)17-23(31)27(22)26(25)21-12-9-13-24(33-3)28(21)34-4/h6-13,20,25-26H,5,14-17H2,1-4H3/t20-,25?,26-/m1/s1. The number of hydrogen-bond acceptors (Lipinski definition) is 7. The molecule has 2 aromatic rings. The largest absolute Gasteiger partial charge is 0.493 e. The summed E-state index contributed by atoms with van der Waals surface area (Å²) in [5.74, 6) is 1.17. The van der Waals surface area contributed by atoms with Crippen LogP contribution in [0.4, 0.5) is 0 Å². The van der Waals surface area contributed by atoms with Gasteiger partial charge in [-0.3, -0.25) is 14.6 Å². The van der Waals surface area contributed by atoms with Crippen LogP contribution in [0.5, 0.6) is 11.5 Å². The maximum Gasteiger partial charge on any atom is 0.315 e. The number of esters is 1. The second kappa shape index (κ2) is 11.8. The number of para-hydroxylation sites is 1. The molecule has 2 aromatic carbocycles. The van der Waals surface area contributed by atoms with Gasteiger partial charge < -0.3 is 14.2 Å². The first kappa shape index (κ1) is 26.0. The second-order valence-corrected chi connectivity index (χ2v) is 10.3. The Morgan fingerprint density at radius 2 is 1.83 bits per heavy atom. The van der Waals surface area contributed by atoms with E-state index in [1.165, 1.54) is 0 Å². The number of hydrogen-bond donors (Lipinski definition) is 0. The first-order chi connectivity index (χ1) is 17.5. The van der Waals surface area contributed by atoms with Crippen LogP contribution in [0.3, 0.4) is 0 Å². The van der Waals surface area contributed by atoms with E-state index in [2.05, 4.69) is 19.1 Å². The number of methoxy groups -OCH3 is 2. The highest BCUT2D eigenvalue weighted by molar-refractivity contribution is 7.99. The Hall–Kier alpha value is -3.06. The number of Topliss-reactive ketones (excluding diaryl/α,β-unsaturated/α-hetero) is 1. The SMILES string of the molecule is CCSCCOC(=O)C1C(C)=NC2=C(C(=O)C[C@H](c3ccccc3)C2)[C@@H]1c1cccc(OC)c1OC. The molecule has 36 heavy (non-hydrogen) atoms. The zero-order chi connectivity index (χ0) is 25.7. The number of aliphatic imine (C=N–C) groups is 1. The van der Waals surface area contributed by atoms with E-state index in [-0.39, 0.29) is 17.7 Å². The summed E-state index contributed by atoms with van der Waals surface area (Å²) in [6.45, 7) is 4.24. The zero-order valence-electron chi connectivity index (χ0n) is 21.3. The quantitative estimate of drug-likeness (QED) is 0.326. The first-order valence-corrected chi connectivity index (χ1v) is 13.5. The number of nitrogens with zero attached hydrogens (tertiary/aromatic N) is 1. The number of thioether (sulfide) groups is 1. The Bertz CT molecular complexity index is 1170. The number of carbonyl (C=O) groups excluding carboxylic acids is 2. The van der Waals surface area contributed by atoms with Crippen molar-refractivity contribution in [1.29, 1.82) is 0 Å². The Labute approximate surface area is 217 Å². The van der Waals surface area contributed by atoms with Gasteiger partial charge in [-0.25, -0.2) is 0 Å². The van der Waals surface area contributed by atoms with E-state index in [1.54, 1.807) is 26.0 Å². The lowest BCUT2D eigenvalue weighted by Gasteiger charge is -2.37. The normalized spacial score (nSPS) is 21.5. The molecule has 1 aliphatic heterocycles. The third kappa shape index (κ3) is 5.21. The van der Waals surface area contributed by atoms with Crippen LogP contribution < -0.4 is 9.47 Å². The summed E-state index contributed by atoms with van der Waals surface area (Å²) in [5.41, 5.74) is 3.84. The highest BCUT2D eigenvalue weighted by Crippen LogP contribution is 2.50. The molecule has 2 aliphatic rings. The van der Waals surface area contributed by atoms with E-state index in [0.29, 0.717) is 42.2 Å². The molecule has 0 saturated carbocycles. The smallest absolute Gasteiger partial charge is 0.315 e. The summed E-state index contributed by atoms with van der Waals surface area (Å²) in [6, 6.07) is 15.6. The van der Waals surface area contributed by atoms with Gasteiger partial charge in [-0.1, -0.05) is 49.4 Å². The van der Waals surface area contributed by atoms with Gasteiger partial charge in [0.25, 0.3) is 0 Å². The average molecular weight is 508 g/mol. The number of ketones is 1. The second-order valence-electron chi connectivity index (χ2n) is 8.96. The lowest BCUT2D eigenvalue weighted by atomic mass is 9.69. The topological polar surface area (TPSA) is 74.2 Å². The Kier molecular flexibility index (Phi) is 8.52. The maximum atomic E-state index is 13.8. The molecule has 3 atom stereocenters. The molecule has 190 valence electrons. The molecule has 0 fully saturated rings. The van der Waals surface area contributed by atoms with Gasteiger partial charge in [-0.2, -0.15) is 11.8 Å². The van der Waals surface area contributed by atoms with Crippen molar-refractivity contribution in [3.63, 3.8) is 0 Å². The molecule has 1 aliphatic carbocycles. The fourth-order valence-corrected chi connectivity index (χ4v) is 5.74. The number of carbonyl (C=O) groups is 2. The van der Waals surface area contributed by atoms with Crippen molar-refractivity contribution in [3.8, 4) is 11.5 Å². The Morgan fingerprint density at radius 1 is 1.06 bits per heavy atom. The van der Waals surface area contributed by atoms with Crippen molar-refractivity contribution in [3.05, 3.63) is 70.9 Å². The molecule has 0 N–H and O–H groups in total. The summed E-state index contributed by atoms with van der Waals surface area (Å²) < 4.78 is 17.0. The minimum absolute atomic E-state index is 0.00978. The maximum absolute atomic E-state index is 13.8. The fraction of sp³-hybridized carbons (Fsp3) is 0.414. The number of allylic oxidation sites excluding steroid dienone is 2. The highest BCUT2D eigenvalue weighted by Gasteiger charge is 2.46. The van der Waals surface area contributed by atoms with E-state index >= 15 is 0 Å². The van der Waals surface area contributed by atoms with Crippen molar-refractivity contribution in [1.82, 2.24) is 0 Å². The van der Waals surface area contributed by atoms with E-state index in [4.69, 9.17) is 19.2 Å². The predicted molar refractivity (Wildman–Crippen MR) is 143 cm³/mol. The van der Waals surface area contributed by atoms with Gasteiger partial charge in [0.1, 0.15) is 12.5 Å². The molecular formula is C29H33NO5S. The Morgan fingerprint density at radius 3 is 2.53 bits per heavy atom. The predicted octanol–water partition coefficient (Wildman–Crippen LogP) is 5.58. The van der Waals surface area contributed by atoms with Crippen LogP contribution in [0.2, 0.25) is 0 Å². The van der Waals surface area contributed by atoms with Crippen LogP contribution in [0.1, 0.15) is 49.7 Å². The van der Waals surface area contributed by atoms with Crippen LogP contribution in [-0.4, -0.2) is 49.8 Å². The molecule has 0 bridgehead atoms. The van der Waals surface area contributed by atoms with Crippen molar-refractivity contribution in [2.24, 2.45) is 10.9 Å². The summed E-state index contributed by atoms with van der Waals surface area (Å²) in [6.07, 6.45) is 1.01. The minimum atomic E-state index is -0.714. The van der Waals surface area contributed by atoms with E-state index < -0.39 is 11.8 Å². The third-order valence-corrected chi connectivity index (χ3v) is 7.72. The summed E-state index contributed by atoms with van der Waals surface area (Å²) in [4.78, 5) is 32.1. The molecule has 0 spiro atoms. The molecular weight excluding hydrogens is 474 g/mol. The van der Waals surface area contributed by atoms with E-state index in [9.17, 15) is 9.59 Å². The summed E-state index contributed by atoms with van der Waals surface area (Å²) >= 11 is 1.72. The lowest BCUT2D eigenvalue weighted by molar-refractivity contribution is -0.145. The van der Waals surface area contributed by atoms with Crippen molar-refractivity contribution >= 4 is 29.2 Å². The molecule has 1 unspecified atom stereocenters. The minimum Gasteiger partial charge on any atom is -0.493 e. The Balaban J connectivity index is 1.79. The van der Waals surface area contributed by atoms with Crippen LogP contribution in [0.15, 0.2) is 64.8 Å². The van der Waals surface area contributed by atoms with Gasteiger partial charge in [0, 0.05) is 40.6 Å². The molecule has 0 amide bonds. The van der Waals surface area contributed by atoms with Gasteiger partial charge >= 0.3 is 5.97 Å². The van der Waals surface area contributed by atoms with Crippen LogP contribution >= 0.6 is 11.8 Å². The van der Waals surface area contributed by atoms with E-state index in [1.807, 2.05) is 43.3 Å². The summed E-state index contributed by atoms with van der Waals surface area (Å²) in [7, 11) is 3.15. The average Bonchev–Trinajstić information content (AvgIpc) is 2.90. The van der Waals surface area contributed by atoms with Crippen LogP contribution in [-0.2, 0) is 14.3 Å². The molecule has 7 heteroatoms. The molecule has 6 nitrogen and oxygen atoms in total. The monoisotopic (exact) mass is 507 g/mol. The number of benzene rings is 2. The van der Waals surface area contributed by atoms with Crippen molar-refractivity contribution < 1.29 is 23.8 Å². The molecule has 4 rings (SSSR count). The zero-order valence-corrected chi connectivity index (χ0v) is 22.1. The number of rotatable bonds is 9. The van der Waals surface area contributed by atoms with Crippen LogP contribution in [0.25, 0.3) is 0 Å². The van der Waals surface area contributed by atoms with Crippen molar-refractivity contribution in [2.45, 2.75) is 38.5 Å². The van der Waals surface area contributed by atoms with Gasteiger partial charge in [0.2, 0.25) is 0 Å². The van der Waals surface area contributed by atoms with Crippen LogP contribution in [0, 0.1) is 5.92 Å². The lowest BCUT2D eigenvalue weighted by Crippen LogP contribution is -2.38. The fourth-order valence-electron chi connectivity index (χ4n) is 5.25. The highest BCUT2D eigenvalue weighted by atomic mass is 32.2. The molecule has 1 heterocycles.